The van der Waals surface area contributed by atoms with E-state index < -0.39 is 11.6 Å². The highest BCUT2D eigenvalue weighted by Crippen LogP contribution is 2.32. The van der Waals surface area contributed by atoms with Crippen molar-refractivity contribution in [3.8, 4) is 0 Å². The zero-order valence-corrected chi connectivity index (χ0v) is 10.9. The molecular formula is C14H20F2N2. The summed E-state index contributed by atoms with van der Waals surface area (Å²) in [5.41, 5.74) is 6.39. The molecule has 3 unspecified atom stereocenters. The maximum Gasteiger partial charge on any atom is 0.126 e. The minimum atomic E-state index is -0.515. The molecule has 1 aromatic carbocycles. The molecule has 0 radical (unpaired) electrons. The highest BCUT2D eigenvalue weighted by Gasteiger charge is 2.32. The van der Waals surface area contributed by atoms with Crippen LogP contribution in [0.1, 0.15) is 31.9 Å². The van der Waals surface area contributed by atoms with Gasteiger partial charge in [0.2, 0.25) is 0 Å². The minimum Gasteiger partial charge on any atom is -0.330 e. The van der Waals surface area contributed by atoms with Crippen LogP contribution < -0.4 is 5.73 Å². The van der Waals surface area contributed by atoms with Crippen molar-refractivity contribution >= 4 is 0 Å². The van der Waals surface area contributed by atoms with Gasteiger partial charge >= 0.3 is 0 Å². The highest BCUT2D eigenvalue weighted by molar-refractivity contribution is 5.21. The van der Waals surface area contributed by atoms with Gasteiger partial charge in [-0.3, -0.25) is 4.90 Å². The lowest BCUT2D eigenvalue weighted by molar-refractivity contribution is 0.200. The highest BCUT2D eigenvalue weighted by atomic mass is 19.1. The average Bonchev–Trinajstić information content (AvgIpc) is 2.68. The van der Waals surface area contributed by atoms with Gasteiger partial charge in [0.15, 0.2) is 0 Å². The van der Waals surface area contributed by atoms with E-state index in [1.165, 1.54) is 12.1 Å². The molecule has 100 valence electrons. The van der Waals surface area contributed by atoms with E-state index >= 15 is 0 Å². The third-order valence-corrected chi connectivity index (χ3v) is 3.91. The van der Waals surface area contributed by atoms with E-state index in [1.807, 2.05) is 6.92 Å². The Hall–Kier alpha value is -1.00. The van der Waals surface area contributed by atoms with Gasteiger partial charge in [0, 0.05) is 24.7 Å². The van der Waals surface area contributed by atoms with E-state index in [-0.39, 0.29) is 6.04 Å². The smallest absolute Gasteiger partial charge is 0.126 e. The van der Waals surface area contributed by atoms with Crippen LogP contribution in [0.25, 0.3) is 0 Å². The number of halogens is 2. The molecule has 1 saturated heterocycles. The van der Waals surface area contributed by atoms with Gasteiger partial charge in [-0.1, -0.05) is 0 Å². The molecule has 0 amide bonds. The Bertz CT molecular complexity index is 402. The third-order valence-electron chi connectivity index (χ3n) is 3.91. The van der Waals surface area contributed by atoms with Crippen LogP contribution in [-0.4, -0.2) is 24.0 Å². The van der Waals surface area contributed by atoms with Crippen molar-refractivity contribution in [1.29, 1.82) is 0 Å². The quantitative estimate of drug-likeness (QED) is 0.898. The van der Waals surface area contributed by atoms with E-state index in [2.05, 4.69) is 11.8 Å². The van der Waals surface area contributed by atoms with Crippen molar-refractivity contribution in [3.63, 3.8) is 0 Å². The van der Waals surface area contributed by atoms with Gasteiger partial charge < -0.3 is 5.73 Å². The summed E-state index contributed by atoms with van der Waals surface area (Å²) < 4.78 is 26.5. The molecule has 0 aliphatic carbocycles. The molecule has 0 bridgehead atoms. The van der Waals surface area contributed by atoms with Crippen LogP contribution in [0.3, 0.4) is 0 Å². The lowest BCUT2D eigenvalue weighted by atomic mass is 10.1. The zero-order valence-electron chi connectivity index (χ0n) is 10.9. The predicted octanol–water partition coefficient (Wildman–Crippen LogP) is 2.69. The van der Waals surface area contributed by atoms with Gasteiger partial charge in [-0.15, -0.1) is 0 Å². The SMILES string of the molecule is CC1CC(CN)CN1C(C)c1cc(F)cc(F)c1. The first-order chi connectivity index (χ1) is 8.51. The summed E-state index contributed by atoms with van der Waals surface area (Å²) in [5.74, 6) is -0.543. The van der Waals surface area contributed by atoms with Crippen LogP contribution in [0.4, 0.5) is 8.78 Å². The maximum atomic E-state index is 13.2. The summed E-state index contributed by atoms with van der Waals surface area (Å²) in [5, 5.41) is 0. The van der Waals surface area contributed by atoms with Crippen LogP contribution >= 0.6 is 0 Å². The van der Waals surface area contributed by atoms with Crippen LogP contribution in [0, 0.1) is 17.6 Å². The summed E-state index contributed by atoms with van der Waals surface area (Å²) in [7, 11) is 0. The van der Waals surface area contributed by atoms with Crippen molar-refractivity contribution in [3.05, 3.63) is 35.4 Å². The topological polar surface area (TPSA) is 29.3 Å². The molecule has 1 aromatic rings. The molecule has 18 heavy (non-hydrogen) atoms. The Morgan fingerprint density at radius 3 is 2.44 bits per heavy atom. The Morgan fingerprint density at radius 1 is 1.33 bits per heavy atom. The number of nitrogens with two attached hydrogens (primary N) is 1. The number of hydrogen-bond donors (Lipinski definition) is 1. The fourth-order valence-corrected chi connectivity index (χ4v) is 2.89. The lowest BCUT2D eigenvalue weighted by Crippen LogP contribution is -2.31. The fourth-order valence-electron chi connectivity index (χ4n) is 2.89. The number of rotatable bonds is 3. The van der Waals surface area contributed by atoms with E-state index in [4.69, 9.17) is 5.73 Å². The molecule has 3 atom stereocenters. The molecule has 2 nitrogen and oxygen atoms in total. The summed E-state index contributed by atoms with van der Waals surface area (Å²) in [6.45, 7) is 5.70. The van der Waals surface area contributed by atoms with Gasteiger partial charge in [-0.05, 0) is 50.4 Å². The molecule has 1 aliphatic heterocycles. The standard InChI is InChI=1S/C14H20F2N2/c1-9-3-11(7-17)8-18(9)10(2)12-4-13(15)6-14(16)5-12/h4-6,9-11H,3,7-8,17H2,1-2H3. The van der Waals surface area contributed by atoms with Crippen LogP contribution in [0.5, 0.6) is 0 Å². The molecule has 1 aliphatic rings. The first-order valence-electron chi connectivity index (χ1n) is 6.43. The summed E-state index contributed by atoms with van der Waals surface area (Å²) >= 11 is 0. The van der Waals surface area contributed by atoms with Crippen molar-refractivity contribution in [2.24, 2.45) is 11.7 Å². The Labute approximate surface area is 107 Å². The Balaban J connectivity index is 2.18. The second kappa shape index (κ2) is 5.33. The molecule has 2 N–H and O–H groups in total. The number of likely N-dealkylation sites (tertiary alicyclic amines) is 1. The van der Waals surface area contributed by atoms with Gasteiger partial charge in [0.1, 0.15) is 11.6 Å². The summed E-state index contributed by atoms with van der Waals surface area (Å²) in [6, 6.07) is 4.15. The molecule has 0 saturated carbocycles. The molecule has 1 heterocycles. The van der Waals surface area contributed by atoms with E-state index in [0.717, 1.165) is 19.0 Å². The van der Waals surface area contributed by atoms with E-state index in [1.54, 1.807) is 0 Å². The number of nitrogens with zero attached hydrogens (tertiary/aromatic N) is 1. The maximum absolute atomic E-state index is 13.2. The minimum absolute atomic E-state index is 0.0155. The first kappa shape index (κ1) is 13.4. The van der Waals surface area contributed by atoms with Gasteiger partial charge in [-0.2, -0.15) is 0 Å². The van der Waals surface area contributed by atoms with Crippen molar-refractivity contribution < 1.29 is 8.78 Å². The van der Waals surface area contributed by atoms with Gasteiger partial charge in [0.25, 0.3) is 0 Å². The molecule has 0 aromatic heterocycles. The van der Waals surface area contributed by atoms with Gasteiger partial charge in [0.05, 0.1) is 0 Å². The molecule has 1 fully saturated rings. The molecule has 2 rings (SSSR count). The Morgan fingerprint density at radius 2 is 1.94 bits per heavy atom. The second-order valence-corrected chi connectivity index (χ2v) is 5.26. The second-order valence-electron chi connectivity index (χ2n) is 5.26. The van der Waals surface area contributed by atoms with Crippen LogP contribution in [0.15, 0.2) is 18.2 Å². The first-order valence-corrected chi connectivity index (χ1v) is 6.43. The largest absolute Gasteiger partial charge is 0.330 e. The fraction of sp³-hybridized carbons (Fsp3) is 0.571. The number of hydrogen-bond acceptors (Lipinski definition) is 2. The van der Waals surface area contributed by atoms with E-state index in [9.17, 15) is 8.78 Å². The van der Waals surface area contributed by atoms with Crippen molar-refractivity contribution in [1.82, 2.24) is 4.90 Å². The number of benzene rings is 1. The van der Waals surface area contributed by atoms with Crippen molar-refractivity contribution in [2.75, 3.05) is 13.1 Å². The van der Waals surface area contributed by atoms with Crippen LogP contribution in [0.2, 0.25) is 0 Å². The third kappa shape index (κ3) is 2.70. The average molecular weight is 254 g/mol. The Kier molecular flexibility index (Phi) is 3.97. The predicted molar refractivity (Wildman–Crippen MR) is 68.1 cm³/mol. The normalized spacial score (nSPS) is 26.5. The monoisotopic (exact) mass is 254 g/mol. The summed E-state index contributed by atoms with van der Waals surface area (Å²) in [6.07, 6.45) is 1.05. The van der Waals surface area contributed by atoms with Gasteiger partial charge in [-0.25, -0.2) is 8.78 Å². The molecular weight excluding hydrogens is 234 g/mol. The summed E-state index contributed by atoms with van der Waals surface area (Å²) in [4.78, 5) is 2.27. The molecule has 4 heteroatoms. The van der Waals surface area contributed by atoms with Crippen LogP contribution in [-0.2, 0) is 0 Å². The van der Waals surface area contributed by atoms with E-state index in [0.29, 0.717) is 24.1 Å². The van der Waals surface area contributed by atoms with Crippen molar-refractivity contribution in [2.45, 2.75) is 32.4 Å². The molecule has 0 spiro atoms. The zero-order chi connectivity index (χ0) is 13.3. The lowest BCUT2D eigenvalue weighted by Gasteiger charge is -2.29.